The van der Waals surface area contributed by atoms with Crippen molar-refractivity contribution in [2.75, 3.05) is 6.61 Å². The molecular weight excluding hydrogens is 256 g/mol. The Morgan fingerprint density at radius 1 is 1.47 bits per heavy atom. The number of nitrogens with zero attached hydrogens (tertiary/aromatic N) is 4. The molecule has 0 radical (unpaired) electrons. The van der Waals surface area contributed by atoms with E-state index in [9.17, 15) is 15.0 Å². The summed E-state index contributed by atoms with van der Waals surface area (Å²) >= 11 is 0. The maximum absolute atomic E-state index is 11.7. The van der Waals surface area contributed by atoms with Crippen molar-refractivity contribution in [1.29, 1.82) is 0 Å². The second-order valence-electron chi connectivity index (χ2n) is 4.25. The average Bonchev–Trinajstić information content (AvgIpc) is 2.89. The van der Waals surface area contributed by atoms with Gasteiger partial charge < -0.3 is 20.1 Å². The summed E-state index contributed by atoms with van der Waals surface area (Å²) in [7, 11) is 0. The number of carbonyl (C=O) groups is 1. The minimum Gasteiger partial charge on any atom is -0.394 e. The van der Waals surface area contributed by atoms with E-state index in [0.717, 1.165) is 4.90 Å². The lowest BCUT2D eigenvalue weighted by Gasteiger charge is -2.26. The van der Waals surface area contributed by atoms with Crippen LogP contribution in [0.1, 0.15) is 2.74 Å². The Morgan fingerprint density at radius 2 is 2.26 bits per heavy atom. The van der Waals surface area contributed by atoms with Crippen LogP contribution in [0.3, 0.4) is 0 Å². The number of aliphatic imine (C=N–C) groups is 3. The van der Waals surface area contributed by atoms with Crippen molar-refractivity contribution in [2.24, 2.45) is 15.0 Å². The number of fused-ring (bicyclic) bond motifs is 1. The number of aliphatic hydroxyl groups excluding tert-OH is 3. The van der Waals surface area contributed by atoms with Crippen molar-refractivity contribution < 1.29 is 27.6 Å². The Balaban J connectivity index is 1.94. The van der Waals surface area contributed by atoms with Crippen LogP contribution in [-0.4, -0.2) is 81.8 Å². The molecule has 102 valence electrons. The van der Waals surface area contributed by atoms with Crippen LogP contribution < -0.4 is 0 Å². The van der Waals surface area contributed by atoms with Crippen LogP contribution in [0.2, 0.25) is 0 Å². The minimum absolute atomic E-state index is 0.0557. The van der Waals surface area contributed by atoms with Gasteiger partial charge in [0.05, 0.1) is 12.9 Å². The molecule has 0 bridgehead atoms. The highest BCUT2D eigenvalue weighted by Gasteiger charge is 2.48. The van der Waals surface area contributed by atoms with Crippen LogP contribution in [0.4, 0.5) is 0 Å². The molecule has 0 aromatic carbocycles. The molecule has 3 aliphatic rings. The third kappa shape index (κ3) is 1.78. The summed E-state index contributed by atoms with van der Waals surface area (Å²) in [4.78, 5) is 23.5. The molecule has 9 nitrogen and oxygen atoms in total. The fourth-order valence-corrected chi connectivity index (χ4v) is 2.11. The molecule has 0 saturated carbocycles. The number of amidine groups is 3. The summed E-state index contributed by atoms with van der Waals surface area (Å²) in [6.07, 6.45) is -5.96. The Kier molecular flexibility index (Phi) is 2.38. The predicted molar refractivity (Wildman–Crippen MR) is 62.8 cm³/mol. The number of aliphatic hydroxyl groups is 3. The van der Waals surface area contributed by atoms with Crippen LogP contribution >= 0.6 is 0 Å². The molecule has 0 aromatic rings. The smallest absolute Gasteiger partial charge is 0.279 e. The third-order valence-electron chi connectivity index (χ3n) is 3.12. The van der Waals surface area contributed by atoms with E-state index in [2.05, 4.69) is 15.0 Å². The number of hydrogen-bond donors (Lipinski definition) is 3. The molecule has 0 spiro atoms. The minimum atomic E-state index is -1.43. The van der Waals surface area contributed by atoms with Crippen molar-refractivity contribution in [1.82, 2.24) is 4.90 Å². The van der Waals surface area contributed by atoms with Crippen molar-refractivity contribution in [3.63, 3.8) is 0 Å². The highest BCUT2D eigenvalue weighted by molar-refractivity contribution is 6.19. The van der Waals surface area contributed by atoms with Gasteiger partial charge in [0.2, 0.25) is 0 Å². The number of amides is 1. The van der Waals surface area contributed by atoms with E-state index in [1.807, 2.05) is 0 Å². The number of carbonyl (C=O) groups excluding carboxylic acids is 1. The zero-order valence-corrected chi connectivity index (χ0v) is 9.54. The monoisotopic (exact) mass is 270 g/mol. The lowest BCUT2D eigenvalue weighted by Crippen LogP contribution is -2.48. The van der Waals surface area contributed by atoms with Crippen LogP contribution in [0.15, 0.2) is 15.0 Å². The van der Waals surface area contributed by atoms with Gasteiger partial charge in [0.1, 0.15) is 33.2 Å². The van der Waals surface area contributed by atoms with Gasteiger partial charge in [-0.05, 0) is 0 Å². The fraction of sp³-hybridized carbons (Fsp3) is 0.600. The van der Waals surface area contributed by atoms with E-state index in [1.54, 1.807) is 0 Å². The molecule has 0 aromatic heterocycles. The first kappa shape index (κ1) is 10.1. The van der Waals surface area contributed by atoms with Crippen molar-refractivity contribution in [2.45, 2.75) is 30.6 Å². The normalized spacial score (nSPS) is 43.3. The van der Waals surface area contributed by atoms with Gasteiger partial charge in [-0.25, -0.2) is 4.99 Å². The highest BCUT2D eigenvalue weighted by atomic mass is 16.6. The summed E-state index contributed by atoms with van der Waals surface area (Å²) in [5, 5.41) is 28.8. The molecule has 19 heavy (non-hydrogen) atoms. The fourth-order valence-electron chi connectivity index (χ4n) is 2.11. The van der Waals surface area contributed by atoms with Gasteiger partial charge in [-0.3, -0.25) is 14.7 Å². The van der Waals surface area contributed by atoms with Crippen LogP contribution in [0, 0.1) is 0 Å². The SMILES string of the molecule is [2H]C1=NC(=O)C2N=C([2H])N([C@@H]3O[C@H](CO)[C@@H](O)[C@H]3O)C2=N1. The van der Waals surface area contributed by atoms with Crippen LogP contribution in [0.5, 0.6) is 0 Å². The van der Waals surface area contributed by atoms with E-state index in [4.69, 9.17) is 12.6 Å². The number of hydrogen-bond acceptors (Lipinski definition) is 8. The van der Waals surface area contributed by atoms with E-state index < -0.39 is 55.7 Å². The standard InChI is InChI=1S/C10H12N4O5/c15-1-4-6(16)7(17)10(19-4)14-3-13-5-8(14)11-2-12-9(5)18/h2-7,10,15-17H,1H2/t4-,5?,6-,7-,10-/m1/s1/i2D,3D. The molecule has 3 aliphatic heterocycles. The Labute approximate surface area is 110 Å². The van der Waals surface area contributed by atoms with Gasteiger partial charge in [0.25, 0.3) is 5.91 Å². The van der Waals surface area contributed by atoms with Gasteiger partial charge in [-0.15, -0.1) is 0 Å². The molecule has 3 heterocycles. The molecule has 1 fully saturated rings. The Morgan fingerprint density at radius 3 is 2.95 bits per heavy atom. The topological polar surface area (TPSA) is 127 Å². The molecule has 1 amide bonds. The van der Waals surface area contributed by atoms with E-state index >= 15 is 0 Å². The van der Waals surface area contributed by atoms with Gasteiger partial charge in [-0.2, -0.15) is 4.99 Å². The number of rotatable bonds is 2. The third-order valence-corrected chi connectivity index (χ3v) is 3.12. The maximum atomic E-state index is 11.7. The molecular formula is C10H12N4O5. The highest BCUT2D eigenvalue weighted by Crippen LogP contribution is 2.26. The predicted octanol–water partition coefficient (Wildman–Crippen LogP) is -2.90. The molecule has 3 rings (SSSR count). The summed E-state index contributed by atoms with van der Waals surface area (Å²) < 4.78 is 20.4. The first-order valence-corrected chi connectivity index (χ1v) is 5.58. The summed E-state index contributed by atoms with van der Waals surface area (Å²) in [5.74, 6) is -0.788. The molecule has 5 atom stereocenters. The zero-order chi connectivity index (χ0) is 15.3. The molecule has 9 heteroatoms. The van der Waals surface area contributed by atoms with Crippen molar-refractivity contribution in [3.8, 4) is 0 Å². The average molecular weight is 270 g/mol. The molecule has 1 unspecified atom stereocenters. The lowest BCUT2D eigenvalue weighted by molar-refractivity contribution is -0.117. The molecule has 1 saturated heterocycles. The second-order valence-corrected chi connectivity index (χ2v) is 4.25. The molecule has 0 aliphatic carbocycles. The van der Waals surface area contributed by atoms with E-state index in [-0.39, 0.29) is 5.84 Å². The van der Waals surface area contributed by atoms with Crippen molar-refractivity contribution in [3.05, 3.63) is 0 Å². The second kappa shape index (κ2) is 4.46. The van der Waals surface area contributed by atoms with E-state index in [1.165, 1.54) is 0 Å². The van der Waals surface area contributed by atoms with Gasteiger partial charge in [0.15, 0.2) is 12.3 Å². The quantitative estimate of drug-likeness (QED) is 0.494. The summed E-state index contributed by atoms with van der Waals surface area (Å²) in [5.41, 5.74) is 0. The Bertz CT molecular complexity index is 580. The zero-order valence-electron chi connectivity index (χ0n) is 11.5. The van der Waals surface area contributed by atoms with Gasteiger partial charge in [0, 0.05) is 0 Å². The number of ether oxygens (including phenoxy) is 1. The summed E-state index contributed by atoms with van der Waals surface area (Å²) in [6, 6.07) is -1.15. The first-order chi connectivity index (χ1) is 9.93. The van der Waals surface area contributed by atoms with Crippen molar-refractivity contribution >= 4 is 24.4 Å². The molecule has 3 N–H and O–H groups in total. The van der Waals surface area contributed by atoms with Gasteiger partial charge in [-0.1, -0.05) is 0 Å². The van der Waals surface area contributed by atoms with E-state index in [0.29, 0.717) is 0 Å². The first-order valence-electron chi connectivity index (χ1n) is 6.58. The summed E-state index contributed by atoms with van der Waals surface area (Å²) in [6.45, 7) is -0.521. The lowest BCUT2D eigenvalue weighted by atomic mass is 10.1. The maximum Gasteiger partial charge on any atom is 0.279 e. The largest absolute Gasteiger partial charge is 0.394 e. The van der Waals surface area contributed by atoms with Crippen LogP contribution in [0.25, 0.3) is 0 Å². The van der Waals surface area contributed by atoms with Gasteiger partial charge >= 0.3 is 0 Å². The Hall–Kier alpha value is -1.68. The van der Waals surface area contributed by atoms with Crippen LogP contribution in [-0.2, 0) is 9.53 Å².